The Morgan fingerprint density at radius 2 is 1.79 bits per heavy atom. The highest BCUT2D eigenvalue weighted by molar-refractivity contribution is 5.96. The Morgan fingerprint density at radius 1 is 1.11 bits per heavy atom. The van der Waals surface area contributed by atoms with Gasteiger partial charge in [0.05, 0.1) is 5.56 Å². The molecule has 0 saturated carbocycles. The highest BCUT2D eigenvalue weighted by atomic mass is 19.2. The molecule has 0 amide bonds. The second-order valence-corrected chi connectivity index (χ2v) is 5.03. The van der Waals surface area contributed by atoms with Gasteiger partial charge in [-0.3, -0.25) is 4.79 Å². The van der Waals surface area contributed by atoms with E-state index in [1.54, 1.807) is 0 Å². The van der Waals surface area contributed by atoms with Crippen molar-refractivity contribution in [2.45, 2.75) is 32.1 Å². The molecule has 0 aliphatic carbocycles. The van der Waals surface area contributed by atoms with Crippen LogP contribution in [0.3, 0.4) is 0 Å². The Kier molecular flexibility index (Phi) is 5.02. The fourth-order valence-corrected chi connectivity index (χ4v) is 2.47. The van der Waals surface area contributed by atoms with E-state index < -0.39 is 11.6 Å². The minimum Gasteiger partial charge on any atom is -0.303 e. The van der Waals surface area contributed by atoms with Gasteiger partial charge in [-0.2, -0.15) is 0 Å². The summed E-state index contributed by atoms with van der Waals surface area (Å²) in [5.41, 5.74) is -0.130. The standard InChI is InChI=1S/C15H19F2NO/c16-13-7-5-6-12(15(13)17)14(19)8-11-18-9-3-1-2-4-10-18/h5-7H,1-4,8-11H2. The smallest absolute Gasteiger partial charge is 0.169 e. The molecule has 2 rings (SSSR count). The summed E-state index contributed by atoms with van der Waals surface area (Å²) in [7, 11) is 0. The molecule has 0 spiro atoms. The molecule has 1 heterocycles. The molecule has 104 valence electrons. The van der Waals surface area contributed by atoms with Crippen molar-refractivity contribution in [3.63, 3.8) is 0 Å². The van der Waals surface area contributed by atoms with Crippen LogP contribution in [-0.4, -0.2) is 30.3 Å². The quantitative estimate of drug-likeness (QED) is 0.779. The van der Waals surface area contributed by atoms with Crippen LogP contribution in [0.1, 0.15) is 42.5 Å². The first kappa shape index (κ1) is 14.1. The zero-order valence-electron chi connectivity index (χ0n) is 11.0. The van der Waals surface area contributed by atoms with Crippen LogP contribution in [-0.2, 0) is 0 Å². The summed E-state index contributed by atoms with van der Waals surface area (Å²) in [5.74, 6) is -2.30. The number of carbonyl (C=O) groups excluding carboxylic acids is 1. The molecule has 4 heteroatoms. The third kappa shape index (κ3) is 3.83. The van der Waals surface area contributed by atoms with Gasteiger partial charge < -0.3 is 4.90 Å². The first-order chi connectivity index (χ1) is 9.18. The van der Waals surface area contributed by atoms with E-state index in [0.717, 1.165) is 32.0 Å². The van der Waals surface area contributed by atoms with Gasteiger partial charge in [0.1, 0.15) is 0 Å². The van der Waals surface area contributed by atoms with Crippen molar-refractivity contribution in [2.75, 3.05) is 19.6 Å². The average Bonchev–Trinajstić information content (AvgIpc) is 2.68. The number of Topliss-reactive ketones (excluding diaryl/α,β-unsaturated/α-hetero) is 1. The summed E-state index contributed by atoms with van der Waals surface area (Å²) in [5, 5.41) is 0. The van der Waals surface area contributed by atoms with Gasteiger partial charge in [-0.1, -0.05) is 18.9 Å². The monoisotopic (exact) mass is 267 g/mol. The van der Waals surface area contributed by atoms with Crippen molar-refractivity contribution < 1.29 is 13.6 Å². The number of benzene rings is 1. The summed E-state index contributed by atoms with van der Waals surface area (Å²) < 4.78 is 26.5. The van der Waals surface area contributed by atoms with E-state index in [1.165, 1.54) is 25.0 Å². The van der Waals surface area contributed by atoms with Gasteiger partial charge in [-0.25, -0.2) is 8.78 Å². The molecule has 0 atom stereocenters. The Balaban J connectivity index is 1.91. The average molecular weight is 267 g/mol. The zero-order chi connectivity index (χ0) is 13.7. The maximum Gasteiger partial charge on any atom is 0.169 e. The van der Waals surface area contributed by atoms with Crippen LogP contribution >= 0.6 is 0 Å². The lowest BCUT2D eigenvalue weighted by Gasteiger charge is -2.19. The summed E-state index contributed by atoms with van der Waals surface area (Å²) in [4.78, 5) is 14.2. The van der Waals surface area contributed by atoms with Crippen LogP contribution in [0.25, 0.3) is 0 Å². The molecule has 1 aromatic carbocycles. The lowest BCUT2D eigenvalue weighted by atomic mass is 10.1. The third-order valence-corrected chi connectivity index (χ3v) is 3.61. The minimum atomic E-state index is -1.02. The van der Waals surface area contributed by atoms with E-state index in [9.17, 15) is 13.6 Å². The predicted molar refractivity (Wildman–Crippen MR) is 70.2 cm³/mol. The van der Waals surface area contributed by atoms with Gasteiger partial charge in [-0.15, -0.1) is 0 Å². The van der Waals surface area contributed by atoms with E-state index in [0.29, 0.717) is 6.54 Å². The predicted octanol–water partition coefficient (Wildman–Crippen LogP) is 3.41. The lowest BCUT2D eigenvalue weighted by molar-refractivity contribution is 0.0960. The minimum absolute atomic E-state index is 0.130. The van der Waals surface area contributed by atoms with Crippen molar-refractivity contribution in [1.82, 2.24) is 4.90 Å². The van der Waals surface area contributed by atoms with E-state index in [-0.39, 0.29) is 17.8 Å². The highest BCUT2D eigenvalue weighted by Crippen LogP contribution is 2.15. The maximum atomic E-state index is 13.5. The molecule has 0 aromatic heterocycles. The summed E-state index contributed by atoms with van der Waals surface area (Å²) in [6.07, 6.45) is 5.04. The van der Waals surface area contributed by atoms with Gasteiger partial charge in [0, 0.05) is 13.0 Å². The number of halogens is 2. The first-order valence-corrected chi connectivity index (χ1v) is 6.88. The number of nitrogens with zero attached hydrogens (tertiary/aromatic N) is 1. The van der Waals surface area contributed by atoms with Crippen LogP contribution in [0.4, 0.5) is 8.78 Å². The van der Waals surface area contributed by atoms with E-state index >= 15 is 0 Å². The molecule has 0 N–H and O–H groups in total. The molecule has 0 bridgehead atoms. The SMILES string of the molecule is O=C(CCN1CCCCCC1)c1cccc(F)c1F. The number of rotatable bonds is 4. The largest absolute Gasteiger partial charge is 0.303 e. The van der Waals surface area contributed by atoms with Crippen LogP contribution in [0.5, 0.6) is 0 Å². The fraction of sp³-hybridized carbons (Fsp3) is 0.533. The summed E-state index contributed by atoms with van der Waals surface area (Å²) in [6.45, 7) is 2.63. The second kappa shape index (κ2) is 6.75. The Morgan fingerprint density at radius 3 is 2.47 bits per heavy atom. The van der Waals surface area contributed by atoms with E-state index in [1.807, 2.05) is 0 Å². The number of carbonyl (C=O) groups is 1. The fourth-order valence-electron chi connectivity index (χ4n) is 2.47. The zero-order valence-corrected chi connectivity index (χ0v) is 11.0. The first-order valence-electron chi connectivity index (χ1n) is 6.88. The van der Waals surface area contributed by atoms with Crippen molar-refractivity contribution in [3.05, 3.63) is 35.4 Å². The number of likely N-dealkylation sites (tertiary alicyclic amines) is 1. The lowest BCUT2D eigenvalue weighted by Crippen LogP contribution is -2.27. The molecule has 19 heavy (non-hydrogen) atoms. The number of hydrogen-bond donors (Lipinski definition) is 0. The highest BCUT2D eigenvalue weighted by Gasteiger charge is 2.16. The van der Waals surface area contributed by atoms with E-state index in [4.69, 9.17) is 0 Å². The van der Waals surface area contributed by atoms with Gasteiger partial charge in [0.25, 0.3) is 0 Å². The van der Waals surface area contributed by atoms with Crippen molar-refractivity contribution in [3.8, 4) is 0 Å². The maximum absolute atomic E-state index is 13.5. The van der Waals surface area contributed by atoms with Gasteiger partial charge in [0.2, 0.25) is 0 Å². The Labute approximate surface area is 112 Å². The molecule has 0 radical (unpaired) electrons. The third-order valence-electron chi connectivity index (χ3n) is 3.61. The van der Waals surface area contributed by atoms with Crippen LogP contribution in [0.15, 0.2) is 18.2 Å². The summed E-state index contributed by atoms with van der Waals surface area (Å²) in [6, 6.07) is 3.75. The van der Waals surface area contributed by atoms with Gasteiger partial charge in [0.15, 0.2) is 17.4 Å². The van der Waals surface area contributed by atoms with Crippen molar-refractivity contribution >= 4 is 5.78 Å². The summed E-state index contributed by atoms with van der Waals surface area (Å²) >= 11 is 0. The van der Waals surface area contributed by atoms with Gasteiger partial charge >= 0.3 is 0 Å². The van der Waals surface area contributed by atoms with Crippen LogP contribution < -0.4 is 0 Å². The van der Waals surface area contributed by atoms with Crippen molar-refractivity contribution in [1.29, 1.82) is 0 Å². The van der Waals surface area contributed by atoms with Gasteiger partial charge in [-0.05, 0) is 38.1 Å². The number of ketones is 1. The number of hydrogen-bond acceptors (Lipinski definition) is 2. The Hall–Kier alpha value is -1.29. The van der Waals surface area contributed by atoms with E-state index in [2.05, 4.69) is 4.90 Å². The normalized spacial score (nSPS) is 17.2. The van der Waals surface area contributed by atoms with Crippen molar-refractivity contribution in [2.24, 2.45) is 0 Å². The molecule has 0 unspecified atom stereocenters. The Bertz CT molecular complexity index is 440. The molecular weight excluding hydrogens is 248 g/mol. The topological polar surface area (TPSA) is 20.3 Å². The van der Waals surface area contributed by atoms with Crippen LogP contribution in [0.2, 0.25) is 0 Å². The molecule has 2 nitrogen and oxygen atoms in total. The molecule has 1 aromatic rings. The molecule has 1 saturated heterocycles. The molecular formula is C15H19F2NO. The molecule has 1 aliphatic heterocycles. The molecule has 1 aliphatic rings. The second-order valence-electron chi connectivity index (χ2n) is 5.03. The van der Waals surface area contributed by atoms with Crippen LogP contribution in [0, 0.1) is 11.6 Å². The molecule has 1 fully saturated rings.